The lowest BCUT2D eigenvalue weighted by Crippen LogP contribution is -2.14. The summed E-state index contributed by atoms with van der Waals surface area (Å²) >= 11 is 0. The largest absolute Gasteiger partial charge is 0.0619 e. The van der Waals surface area contributed by atoms with Crippen molar-refractivity contribution in [2.45, 2.75) is 26.2 Å². The molecule has 0 amide bonds. The molecule has 0 radical (unpaired) electrons. The van der Waals surface area contributed by atoms with E-state index in [0.29, 0.717) is 0 Å². The third-order valence-corrected chi connectivity index (χ3v) is 4.72. The molecule has 0 heteroatoms. The Balaban J connectivity index is 2.21. The van der Waals surface area contributed by atoms with Crippen LogP contribution < -0.4 is 0 Å². The molecular formula is C20H18. The Bertz CT molecular complexity index is 838. The minimum Gasteiger partial charge on any atom is -0.0619 e. The molecule has 0 saturated carbocycles. The molecule has 0 saturated heterocycles. The predicted octanol–water partition coefficient (Wildman–Crippen LogP) is 5.45. The van der Waals surface area contributed by atoms with Gasteiger partial charge >= 0.3 is 0 Å². The van der Waals surface area contributed by atoms with Crippen molar-refractivity contribution in [2.75, 3.05) is 0 Å². The van der Waals surface area contributed by atoms with Crippen LogP contribution in [0, 0.1) is 6.92 Å². The van der Waals surface area contributed by atoms with Crippen LogP contribution in [0.25, 0.3) is 21.9 Å². The van der Waals surface area contributed by atoms with Crippen molar-refractivity contribution in [2.24, 2.45) is 0 Å². The molecule has 20 heavy (non-hydrogen) atoms. The zero-order valence-electron chi connectivity index (χ0n) is 12.2. The van der Waals surface area contributed by atoms with Crippen LogP contribution in [0.4, 0.5) is 0 Å². The predicted molar refractivity (Wildman–Crippen MR) is 86.2 cm³/mol. The van der Waals surface area contributed by atoms with Gasteiger partial charge in [0.25, 0.3) is 0 Å². The van der Waals surface area contributed by atoms with Gasteiger partial charge in [0.2, 0.25) is 0 Å². The Hall–Kier alpha value is -2.08. The van der Waals surface area contributed by atoms with E-state index >= 15 is 0 Å². The monoisotopic (exact) mass is 258 g/mol. The minimum atomic E-state index is 0.101. The van der Waals surface area contributed by atoms with Gasteiger partial charge in [-0.1, -0.05) is 74.0 Å². The van der Waals surface area contributed by atoms with E-state index in [4.69, 9.17) is 0 Å². The summed E-state index contributed by atoms with van der Waals surface area (Å²) in [6, 6.07) is 20.2. The Labute approximate surface area is 120 Å². The Morgan fingerprint density at radius 1 is 0.800 bits per heavy atom. The molecule has 98 valence electrons. The van der Waals surface area contributed by atoms with E-state index in [2.05, 4.69) is 75.4 Å². The van der Waals surface area contributed by atoms with Gasteiger partial charge in [-0.15, -0.1) is 0 Å². The molecule has 0 aromatic heterocycles. The molecule has 0 aliphatic heterocycles. The number of hydrogen-bond donors (Lipinski definition) is 0. The van der Waals surface area contributed by atoms with Gasteiger partial charge in [-0.25, -0.2) is 0 Å². The van der Waals surface area contributed by atoms with E-state index in [-0.39, 0.29) is 5.41 Å². The number of benzene rings is 3. The van der Waals surface area contributed by atoms with E-state index in [9.17, 15) is 0 Å². The highest BCUT2D eigenvalue weighted by Gasteiger charge is 2.35. The second-order valence-electron chi connectivity index (χ2n) is 6.38. The van der Waals surface area contributed by atoms with Crippen LogP contribution in [-0.2, 0) is 5.41 Å². The summed E-state index contributed by atoms with van der Waals surface area (Å²) in [5.74, 6) is 0. The normalized spacial score (nSPS) is 15.2. The van der Waals surface area contributed by atoms with E-state index < -0.39 is 0 Å². The SMILES string of the molecule is Cc1ccc2ccc3c(c2c1)-c1ccccc1C3(C)C. The van der Waals surface area contributed by atoms with Gasteiger partial charge in [0.05, 0.1) is 0 Å². The van der Waals surface area contributed by atoms with Gasteiger partial charge in [-0.3, -0.25) is 0 Å². The first kappa shape index (κ1) is 11.7. The van der Waals surface area contributed by atoms with E-state index in [1.54, 1.807) is 0 Å². The van der Waals surface area contributed by atoms with Crippen LogP contribution in [0.2, 0.25) is 0 Å². The van der Waals surface area contributed by atoms with Crippen LogP contribution in [0.5, 0.6) is 0 Å². The van der Waals surface area contributed by atoms with Crippen molar-refractivity contribution < 1.29 is 0 Å². The number of hydrogen-bond acceptors (Lipinski definition) is 0. The first-order chi connectivity index (χ1) is 9.59. The van der Waals surface area contributed by atoms with Gasteiger partial charge in [0.1, 0.15) is 0 Å². The molecule has 0 bridgehead atoms. The average Bonchev–Trinajstić information content (AvgIpc) is 2.68. The second-order valence-corrected chi connectivity index (χ2v) is 6.38. The van der Waals surface area contributed by atoms with Crippen LogP contribution in [0.3, 0.4) is 0 Å². The van der Waals surface area contributed by atoms with Crippen molar-refractivity contribution in [3.8, 4) is 11.1 Å². The molecule has 0 spiro atoms. The topological polar surface area (TPSA) is 0 Å². The van der Waals surface area contributed by atoms with E-state index in [1.807, 2.05) is 0 Å². The fraction of sp³-hybridized carbons (Fsp3) is 0.200. The maximum absolute atomic E-state index is 2.33. The summed E-state index contributed by atoms with van der Waals surface area (Å²) in [5.41, 5.74) is 7.17. The molecule has 0 nitrogen and oxygen atoms in total. The van der Waals surface area contributed by atoms with Gasteiger partial charge < -0.3 is 0 Å². The van der Waals surface area contributed by atoms with Crippen molar-refractivity contribution in [1.29, 1.82) is 0 Å². The maximum Gasteiger partial charge on any atom is 0.0159 e. The van der Waals surface area contributed by atoms with Crippen LogP contribution >= 0.6 is 0 Å². The molecule has 0 heterocycles. The van der Waals surface area contributed by atoms with Crippen LogP contribution in [0.15, 0.2) is 54.6 Å². The minimum absolute atomic E-state index is 0.101. The third-order valence-electron chi connectivity index (χ3n) is 4.72. The standard InChI is InChI=1S/C20H18/c1-13-8-9-14-10-11-18-19(16(14)12-13)15-6-4-5-7-17(15)20(18,2)3/h4-12H,1-3H3. The molecule has 0 fully saturated rings. The fourth-order valence-corrected chi connectivity index (χ4v) is 3.64. The fourth-order valence-electron chi connectivity index (χ4n) is 3.64. The van der Waals surface area contributed by atoms with Crippen LogP contribution in [0.1, 0.15) is 30.5 Å². The van der Waals surface area contributed by atoms with Crippen molar-refractivity contribution >= 4 is 10.8 Å². The van der Waals surface area contributed by atoms with Gasteiger partial charge in [0, 0.05) is 5.41 Å². The average molecular weight is 258 g/mol. The molecule has 1 aliphatic carbocycles. The third kappa shape index (κ3) is 1.37. The van der Waals surface area contributed by atoms with Crippen molar-refractivity contribution in [3.05, 3.63) is 71.3 Å². The van der Waals surface area contributed by atoms with Gasteiger partial charge in [-0.2, -0.15) is 0 Å². The summed E-state index contributed by atoms with van der Waals surface area (Å²) in [4.78, 5) is 0. The number of aryl methyl sites for hydroxylation is 1. The van der Waals surface area contributed by atoms with Gasteiger partial charge in [-0.05, 0) is 39.9 Å². The lowest BCUT2D eigenvalue weighted by atomic mass is 9.82. The molecule has 0 unspecified atom stereocenters. The van der Waals surface area contributed by atoms with Gasteiger partial charge in [0.15, 0.2) is 0 Å². The Morgan fingerprint density at radius 2 is 1.55 bits per heavy atom. The van der Waals surface area contributed by atoms with E-state index in [1.165, 1.54) is 38.6 Å². The zero-order chi connectivity index (χ0) is 13.9. The highest BCUT2D eigenvalue weighted by atomic mass is 14.4. The summed E-state index contributed by atoms with van der Waals surface area (Å²) in [6.45, 7) is 6.84. The quantitative estimate of drug-likeness (QED) is 0.502. The van der Waals surface area contributed by atoms with Crippen molar-refractivity contribution in [1.82, 2.24) is 0 Å². The zero-order valence-corrected chi connectivity index (χ0v) is 12.2. The van der Waals surface area contributed by atoms with E-state index in [0.717, 1.165) is 0 Å². The maximum atomic E-state index is 2.33. The molecule has 3 aromatic rings. The second kappa shape index (κ2) is 3.73. The molecule has 4 rings (SSSR count). The number of rotatable bonds is 0. The van der Waals surface area contributed by atoms with Crippen molar-refractivity contribution in [3.63, 3.8) is 0 Å². The van der Waals surface area contributed by atoms with Crippen LogP contribution in [-0.4, -0.2) is 0 Å². The Kier molecular flexibility index (Phi) is 2.18. The summed E-state index contributed by atoms with van der Waals surface area (Å²) < 4.78 is 0. The first-order valence-corrected chi connectivity index (χ1v) is 7.23. The summed E-state index contributed by atoms with van der Waals surface area (Å²) in [5, 5.41) is 2.72. The molecule has 3 aromatic carbocycles. The first-order valence-electron chi connectivity index (χ1n) is 7.23. The molecule has 0 N–H and O–H groups in total. The summed E-state index contributed by atoms with van der Waals surface area (Å²) in [6.07, 6.45) is 0. The Morgan fingerprint density at radius 3 is 2.40 bits per heavy atom. The number of fused-ring (bicyclic) bond motifs is 5. The lowest BCUT2D eigenvalue weighted by Gasteiger charge is -2.21. The molecular weight excluding hydrogens is 240 g/mol. The lowest BCUT2D eigenvalue weighted by molar-refractivity contribution is 0.661. The highest BCUT2D eigenvalue weighted by molar-refractivity contribution is 6.02. The molecule has 1 aliphatic rings. The summed E-state index contributed by atoms with van der Waals surface area (Å²) in [7, 11) is 0. The molecule has 0 atom stereocenters. The smallest absolute Gasteiger partial charge is 0.0159 e. The highest BCUT2D eigenvalue weighted by Crippen LogP contribution is 2.50.